The molecule has 1 aliphatic rings. The number of benzene rings is 1. The summed E-state index contributed by atoms with van der Waals surface area (Å²) in [4.78, 5) is 12.3. The van der Waals surface area contributed by atoms with Gasteiger partial charge in [-0.3, -0.25) is 4.79 Å². The van der Waals surface area contributed by atoms with Crippen LogP contribution in [0.15, 0.2) is 52.8 Å². The molecule has 2 aromatic rings. The average Bonchev–Trinajstić information content (AvgIpc) is 2.89. The second-order valence-electron chi connectivity index (χ2n) is 5.28. The minimum Gasteiger partial charge on any atom is -0.464 e. The number of rotatable bonds is 5. The van der Waals surface area contributed by atoms with Gasteiger partial charge in [-0.05, 0) is 24.6 Å². The van der Waals surface area contributed by atoms with Gasteiger partial charge in [0.2, 0.25) is 0 Å². The van der Waals surface area contributed by atoms with Crippen molar-refractivity contribution in [3.63, 3.8) is 0 Å². The van der Waals surface area contributed by atoms with Gasteiger partial charge in [-0.2, -0.15) is 0 Å². The third-order valence-corrected chi connectivity index (χ3v) is 3.47. The van der Waals surface area contributed by atoms with Crippen LogP contribution in [0.25, 0.3) is 6.08 Å². The van der Waals surface area contributed by atoms with E-state index in [2.05, 4.69) is 17.4 Å². The second kappa shape index (κ2) is 6.96. The number of para-hydroxylation sites is 1. The summed E-state index contributed by atoms with van der Waals surface area (Å²) in [6.07, 6.45) is 6.86. The molecule has 1 N–H and O–H groups in total. The van der Waals surface area contributed by atoms with E-state index in [1.54, 1.807) is 12.2 Å². The molecule has 0 spiro atoms. The van der Waals surface area contributed by atoms with Gasteiger partial charge in [0.1, 0.15) is 5.75 Å². The molecule has 1 aromatic heterocycles. The van der Waals surface area contributed by atoms with Crippen molar-refractivity contribution < 1.29 is 14.1 Å². The molecule has 2 heterocycles. The molecular formula is C18H18N2O3. The Hall–Kier alpha value is -2.82. The van der Waals surface area contributed by atoms with Crippen molar-refractivity contribution in [3.05, 3.63) is 65.3 Å². The van der Waals surface area contributed by atoms with E-state index in [0.29, 0.717) is 17.9 Å². The summed E-state index contributed by atoms with van der Waals surface area (Å²) in [5.74, 6) is 1.19. The predicted octanol–water partition coefficient (Wildman–Crippen LogP) is 3.23. The number of aryl methyl sites for hydroxylation is 1. The van der Waals surface area contributed by atoms with E-state index < -0.39 is 0 Å². The molecule has 0 bridgehead atoms. The zero-order valence-corrected chi connectivity index (χ0v) is 12.9. The van der Waals surface area contributed by atoms with Gasteiger partial charge in [-0.1, -0.05) is 36.7 Å². The Morgan fingerprint density at radius 2 is 2.17 bits per heavy atom. The molecule has 5 heteroatoms. The van der Waals surface area contributed by atoms with E-state index in [9.17, 15) is 4.79 Å². The van der Waals surface area contributed by atoms with Crippen LogP contribution in [0, 0.1) is 0 Å². The lowest BCUT2D eigenvalue weighted by Gasteiger charge is -2.03. The fraction of sp³-hybridized carbons (Fsp3) is 0.222. The lowest BCUT2D eigenvalue weighted by Crippen LogP contribution is -2.23. The number of aromatic nitrogens is 1. The highest BCUT2D eigenvalue weighted by molar-refractivity contribution is 6.01. The molecular weight excluding hydrogens is 292 g/mol. The standard InChI is InChI=1S/C18H18N2O3/c1-2-5-15-11-16(23-20-15)12-19-18(21)14-8-9-22-17-7-4-3-6-13(17)10-14/h3-4,6-11H,2,5,12H2,1H3,(H,19,21). The predicted molar refractivity (Wildman–Crippen MR) is 86.5 cm³/mol. The number of fused-ring (bicyclic) bond motifs is 1. The quantitative estimate of drug-likeness (QED) is 0.921. The first-order chi connectivity index (χ1) is 11.3. The number of hydrogen-bond donors (Lipinski definition) is 1. The van der Waals surface area contributed by atoms with Gasteiger partial charge < -0.3 is 14.6 Å². The van der Waals surface area contributed by atoms with Crippen molar-refractivity contribution in [2.75, 3.05) is 0 Å². The molecule has 23 heavy (non-hydrogen) atoms. The van der Waals surface area contributed by atoms with Gasteiger partial charge in [0, 0.05) is 17.2 Å². The van der Waals surface area contributed by atoms with Crippen molar-refractivity contribution in [1.82, 2.24) is 10.5 Å². The van der Waals surface area contributed by atoms with Crippen LogP contribution in [0.1, 0.15) is 30.4 Å². The lowest BCUT2D eigenvalue weighted by molar-refractivity contribution is -0.117. The van der Waals surface area contributed by atoms with Crippen LogP contribution >= 0.6 is 0 Å². The maximum absolute atomic E-state index is 12.3. The van der Waals surface area contributed by atoms with Gasteiger partial charge in [-0.15, -0.1) is 0 Å². The van der Waals surface area contributed by atoms with Crippen LogP contribution in [0.5, 0.6) is 5.75 Å². The third kappa shape index (κ3) is 3.69. The maximum atomic E-state index is 12.3. The van der Waals surface area contributed by atoms with E-state index in [-0.39, 0.29) is 5.91 Å². The van der Waals surface area contributed by atoms with Crippen LogP contribution in [0.4, 0.5) is 0 Å². The van der Waals surface area contributed by atoms with Gasteiger partial charge in [0.25, 0.3) is 5.91 Å². The van der Waals surface area contributed by atoms with Crippen LogP contribution in [-0.2, 0) is 17.8 Å². The molecule has 0 fully saturated rings. The van der Waals surface area contributed by atoms with Crippen molar-refractivity contribution in [3.8, 4) is 5.75 Å². The van der Waals surface area contributed by atoms with Crippen molar-refractivity contribution in [2.24, 2.45) is 0 Å². The number of hydrogen-bond acceptors (Lipinski definition) is 4. The van der Waals surface area contributed by atoms with Crippen molar-refractivity contribution in [1.29, 1.82) is 0 Å². The second-order valence-corrected chi connectivity index (χ2v) is 5.28. The summed E-state index contributed by atoms with van der Waals surface area (Å²) in [7, 11) is 0. The molecule has 0 aliphatic carbocycles. The zero-order chi connectivity index (χ0) is 16.1. The average molecular weight is 310 g/mol. The Labute approximate surface area is 134 Å². The Balaban J connectivity index is 1.67. The van der Waals surface area contributed by atoms with E-state index in [1.165, 1.54) is 6.26 Å². The van der Waals surface area contributed by atoms with E-state index in [0.717, 1.165) is 29.8 Å². The smallest absolute Gasteiger partial charge is 0.251 e. The molecule has 0 radical (unpaired) electrons. The third-order valence-electron chi connectivity index (χ3n) is 3.47. The number of nitrogens with zero attached hydrogens (tertiary/aromatic N) is 1. The molecule has 3 rings (SSSR count). The van der Waals surface area contributed by atoms with Gasteiger partial charge in [0.15, 0.2) is 5.76 Å². The first-order valence-corrected chi connectivity index (χ1v) is 7.63. The summed E-state index contributed by atoms with van der Waals surface area (Å²) >= 11 is 0. The molecule has 0 saturated carbocycles. The summed E-state index contributed by atoms with van der Waals surface area (Å²) in [5, 5.41) is 6.80. The molecule has 1 aromatic carbocycles. The molecule has 0 saturated heterocycles. The van der Waals surface area contributed by atoms with E-state index in [1.807, 2.05) is 30.3 Å². The highest BCUT2D eigenvalue weighted by Gasteiger charge is 2.12. The van der Waals surface area contributed by atoms with Gasteiger partial charge >= 0.3 is 0 Å². The van der Waals surface area contributed by atoms with Crippen LogP contribution in [-0.4, -0.2) is 11.1 Å². The Kier molecular flexibility index (Phi) is 4.57. The summed E-state index contributed by atoms with van der Waals surface area (Å²) in [6.45, 7) is 2.39. The molecule has 0 atom stereocenters. The summed E-state index contributed by atoms with van der Waals surface area (Å²) in [6, 6.07) is 9.44. The SMILES string of the molecule is CCCc1cc(CNC(=O)C2=Cc3ccccc3OC=C2)on1. The first kappa shape index (κ1) is 15.1. The topological polar surface area (TPSA) is 64.4 Å². The molecule has 1 aliphatic heterocycles. The number of carbonyl (C=O) groups excluding carboxylic acids is 1. The minimum absolute atomic E-state index is 0.185. The van der Waals surface area contributed by atoms with E-state index in [4.69, 9.17) is 9.26 Å². The largest absolute Gasteiger partial charge is 0.464 e. The monoisotopic (exact) mass is 310 g/mol. The molecule has 1 amide bonds. The van der Waals surface area contributed by atoms with Crippen LogP contribution < -0.4 is 10.1 Å². The Bertz CT molecular complexity index is 759. The highest BCUT2D eigenvalue weighted by Crippen LogP contribution is 2.24. The minimum atomic E-state index is -0.185. The van der Waals surface area contributed by atoms with Crippen molar-refractivity contribution >= 4 is 12.0 Å². The molecule has 0 unspecified atom stereocenters. The number of amides is 1. The highest BCUT2D eigenvalue weighted by atomic mass is 16.5. The normalized spacial score (nSPS) is 12.8. The number of nitrogens with one attached hydrogen (secondary N) is 1. The number of carbonyl (C=O) groups is 1. The van der Waals surface area contributed by atoms with Gasteiger partial charge in [-0.25, -0.2) is 0 Å². The Morgan fingerprint density at radius 3 is 3.04 bits per heavy atom. The van der Waals surface area contributed by atoms with Crippen LogP contribution in [0.3, 0.4) is 0 Å². The maximum Gasteiger partial charge on any atom is 0.251 e. The lowest BCUT2D eigenvalue weighted by atomic mass is 10.1. The Morgan fingerprint density at radius 1 is 1.30 bits per heavy atom. The summed E-state index contributed by atoms with van der Waals surface area (Å²) in [5.41, 5.74) is 2.31. The fourth-order valence-electron chi connectivity index (χ4n) is 2.33. The van der Waals surface area contributed by atoms with E-state index >= 15 is 0 Å². The number of ether oxygens (including phenoxy) is 1. The van der Waals surface area contributed by atoms with Crippen LogP contribution in [0.2, 0.25) is 0 Å². The summed E-state index contributed by atoms with van der Waals surface area (Å²) < 4.78 is 10.7. The van der Waals surface area contributed by atoms with Gasteiger partial charge in [0.05, 0.1) is 18.5 Å². The zero-order valence-electron chi connectivity index (χ0n) is 12.9. The first-order valence-electron chi connectivity index (χ1n) is 7.63. The molecule has 5 nitrogen and oxygen atoms in total. The fourth-order valence-corrected chi connectivity index (χ4v) is 2.33. The molecule has 118 valence electrons. The van der Waals surface area contributed by atoms with Crippen molar-refractivity contribution in [2.45, 2.75) is 26.3 Å².